The second-order valence-electron chi connectivity index (χ2n) is 7.21. The maximum Gasteiger partial charge on any atom is 0.244 e. The van der Waals surface area contributed by atoms with Crippen molar-refractivity contribution in [3.8, 4) is 0 Å². The minimum atomic E-state index is -3.89. The molecule has 0 aliphatic carbocycles. The molecule has 1 atom stereocenters. The molecule has 2 aromatic rings. The smallest absolute Gasteiger partial charge is 0.244 e. The average molecular weight is 468 g/mol. The van der Waals surface area contributed by atoms with Crippen LogP contribution in [0.4, 0.5) is 14.5 Å². The van der Waals surface area contributed by atoms with Crippen molar-refractivity contribution in [3.63, 3.8) is 0 Å². The van der Waals surface area contributed by atoms with E-state index in [4.69, 9.17) is 0 Å². The summed E-state index contributed by atoms with van der Waals surface area (Å²) in [5.41, 5.74) is 0.699. The molecule has 2 rings (SSSR count). The first-order chi connectivity index (χ1) is 15.1. The first-order valence-electron chi connectivity index (χ1n) is 10.1. The van der Waals surface area contributed by atoms with Crippen molar-refractivity contribution in [2.45, 2.75) is 32.9 Å². The van der Waals surface area contributed by atoms with Gasteiger partial charge >= 0.3 is 0 Å². The van der Waals surface area contributed by atoms with Gasteiger partial charge in [0.2, 0.25) is 21.8 Å². The van der Waals surface area contributed by atoms with E-state index < -0.39 is 40.2 Å². The lowest BCUT2D eigenvalue weighted by molar-refractivity contribution is -0.140. The van der Waals surface area contributed by atoms with Gasteiger partial charge in [0.25, 0.3) is 0 Å². The maximum absolute atomic E-state index is 13.3. The number of carbonyl (C=O) groups is 2. The number of sulfonamides is 1. The molecule has 0 unspecified atom stereocenters. The van der Waals surface area contributed by atoms with Gasteiger partial charge in [-0.1, -0.05) is 19.1 Å². The summed E-state index contributed by atoms with van der Waals surface area (Å²) < 4.78 is 52.2. The summed E-state index contributed by atoms with van der Waals surface area (Å²) in [7, 11) is -3.89. The molecule has 10 heteroatoms. The molecule has 1 N–H and O–H groups in total. The van der Waals surface area contributed by atoms with E-state index in [0.717, 1.165) is 22.7 Å². The van der Waals surface area contributed by atoms with Crippen LogP contribution in [-0.4, -0.2) is 50.5 Å². The minimum Gasteiger partial charge on any atom is -0.355 e. The van der Waals surface area contributed by atoms with Gasteiger partial charge < -0.3 is 10.2 Å². The highest BCUT2D eigenvalue weighted by Crippen LogP contribution is 2.20. The number of nitrogens with one attached hydrogen (secondary N) is 1. The third-order valence-corrected chi connectivity index (χ3v) is 5.94. The average Bonchev–Trinajstić information content (AvgIpc) is 2.73. The fourth-order valence-corrected chi connectivity index (χ4v) is 4.07. The summed E-state index contributed by atoms with van der Waals surface area (Å²) >= 11 is 0. The number of likely N-dealkylation sites (N-methyl/N-ethyl adjacent to an activating group) is 1. The van der Waals surface area contributed by atoms with Gasteiger partial charge in [0, 0.05) is 13.1 Å². The lowest BCUT2D eigenvalue weighted by Crippen LogP contribution is -2.52. The Bertz CT molecular complexity index is 1030. The zero-order valence-electron chi connectivity index (χ0n) is 18.2. The van der Waals surface area contributed by atoms with E-state index in [-0.39, 0.29) is 24.6 Å². The fraction of sp³-hybridized carbons (Fsp3) is 0.364. The molecular weight excluding hydrogens is 440 g/mol. The van der Waals surface area contributed by atoms with Crippen molar-refractivity contribution >= 4 is 27.5 Å². The van der Waals surface area contributed by atoms with Crippen molar-refractivity contribution in [1.82, 2.24) is 10.2 Å². The van der Waals surface area contributed by atoms with E-state index in [1.807, 2.05) is 0 Å². The number of carbonyl (C=O) groups excluding carboxylic acids is 2. The van der Waals surface area contributed by atoms with Gasteiger partial charge in [-0.2, -0.15) is 0 Å². The predicted octanol–water partition coefficient (Wildman–Crippen LogP) is 2.67. The van der Waals surface area contributed by atoms with Crippen molar-refractivity contribution < 1.29 is 26.8 Å². The lowest BCUT2D eigenvalue weighted by atomic mass is 10.1. The van der Waals surface area contributed by atoms with Crippen LogP contribution in [0.15, 0.2) is 48.5 Å². The second-order valence-corrected chi connectivity index (χ2v) is 9.12. The number of anilines is 1. The van der Waals surface area contributed by atoms with Crippen LogP contribution in [0.5, 0.6) is 0 Å². The largest absolute Gasteiger partial charge is 0.355 e. The van der Waals surface area contributed by atoms with Crippen LogP contribution in [0, 0.1) is 11.6 Å². The molecule has 0 saturated carbocycles. The molecule has 0 spiro atoms. The van der Waals surface area contributed by atoms with Gasteiger partial charge in [-0.25, -0.2) is 17.2 Å². The Morgan fingerprint density at radius 3 is 1.97 bits per heavy atom. The quantitative estimate of drug-likeness (QED) is 0.582. The van der Waals surface area contributed by atoms with Gasteiger partial charge in [0.05, 0.1) is 11.9 Å². The number of hydrogen-bond donors (Lipinski definition) is 1. The van der Waals surface area contributed by atoms with E-state index >= 15 is 0 Å². The number of rotatable bonds is 10. The van der Waals surface area contributed by atoms with E-state index in [0.29, 0.717) is 12.1 Å². The van der Waals surface area contributed by atoms with E-state index in [1.165, 1.54) is 41.3 Å². The third-order valence-electron chi connectivity index (χ3n) is 4.80. The Hall–Kier alpha value is -3.01. The Morgan fingerprint density at radius 2 is 1.50 bits per heavy atom. The molecule has 0 heterocycles. The predicted molar refractivity (Wildman–Crippen MR) is 118 cm³/mol. The maximum atomic E-state index is 13.3. The van der Waals surface area contributed by atoms with E-state index in [1.54, 1.807) is 13.8 Å². The molecule has 0 aliphatic rings. The highest BCUT2D eigenvalue weighted by Gasteiger charge is 2.31. The summed E-state index contributed by atoms with van der Waals surface area (Å²) in [6.45, 7) is 3.24. The highest BCUT2D eigenvalue weighted by atomic mass is 32.2. The van der Waals surface area contributed by atoms with Gasteiger partial charge in [0.1, 0.15) is 24.2 Å². The number of nitrogens with zero attached hydrogens (tertiary/aromatic N) is 2. The van der Waals surface area contributed by atoms with Gasteiger partial charge in [-0.05, 0) is 55.3 Å². The molecule has 174 valence electrons. The summed E-state index contributed by atoms with van der Waals surface area (Å²) in [6.07, 6.45) is 1.23. The van der Waals surface area contributed by atoms with E-state index in [9.17, 15) is 26.8 Å². The van der Waals surface area contributed by atoms with Crippen LogP contribution in [-0.2, 0) is 26.2 Å². The lowest BCUT2D eigenvalue weighted by Gasteiger charge is -2.32. The summed E-state index contributed by atoms with van der Waals surface area (Å²) in [5.74, 6) is -1.99. The number of halogens is 2. The molecule has 32 heavy (non-hydrogen) atoms. The Balaban J connectivity index is 2.40. The molecular formula is C22H27F2N3O4S. The molecule has 0 bridgehead atoms. The number of hydrogen-bond acceptors (Lipinski definition) is 4. The number of amides is 2. The molecule has 0 aromatic heterocycles. The Morgan fingerprint density at radius 1 is 0.969 bits per heavy atom. The van der Waals surface area contributed by atoms with Crippen LogP contribution in [0.3, 0.4) is 0 Å². The fourth-order valence-electron chi connectivity index (χ4n) is 3.22. The van der Waals surface area contributed by atoms with Gasteiger partial charge in [-0.3, -0.25) is 13.9 Å². The van der Waals surface area contributed by atoms with Crippen molar-refractivity contribution in [2.75, 3.05) is 23.7 Å². The monoisotopic (exact) mass is 467 g/mol. The number of benzene rings is 2. The minimum absolute atomic E-state index is 0.0181. The van der Waals surface area contributed by atoms with Crippen molar-refractivity contribution in [1.29, 1.82) is 0 Å². The summed E-state index contributed by atoms with van der Waals surface area (Å²) in [5, 5.41) is 2.68. The molecule has 0 aliphatic heterocycles. The van der Waals surface area contributed by atoms with Crippen LogP contribution in [0.2, 0.25) is 0 Å². The zero-order valence-corrected chi connectivity index (χ0v) is 19.0. The van der Waals surface area contributed by atoms with Gasteiger partial charge in [-0.15, -0.1) is 0 Å². The molecule has 0 fully saturated rings. The normalized spacial score (nSPS) is 12.2. The molecule has 0 radical (unpaired) electrons. The van der Waals surface area contributed by atoms with Crippen molar-refractivity contribution in [3.05, 3.63) is 65.7 Å². The molecule has 7 nitrogen and oxygen atoms in total. The standard InChI is InChI=1S/C22H27F2N3O4S/c1-4-20(22(29)25-5-2)26(14-16-6-8-17(23)9-7-16)21(28)15-27(32(3,30)31)19-12-10-18(24)11-13-19/h6-13,20H,4-5,14-15H2,1-3H3,(H,25,29)/t20-/m0/s1. The highest BCUT2D eigenvalue weighted by molar-refractivity contribution is 7.92. The van der Waals surface area contributed by atoms with Crippen LogP contribution >= 0.6 is 0 Å². The van der Waals surface area contributed by atoms with Crippen molar-refractivity contribution in [2.24, 2.45) is 0 Å². The zero-order chi connectivity index (χ0) is 23.9. The Kier molecular flexibility index (Phi) is 8.71. The topological polar surface area (TPSA) is 86.8 Å². The molecule has 2 amide bonds. The van der Waals surface area contributed by atoms with Gasteiger partial charge in [0.15, 0.2) is 0 Å². The summed E-state index contributed by atoms with van der Waals surface area (Å²) in [4.78, 5) is 27.2. The van der Waals surface area contributed by atoms with E-state index in [2.05, 4.69) is 5.32 Å². The first kappa shape index (κ1) is 25.3. The SMILES string of the molecule is CCNC(=O)[C@H](CC)N(Cc1ccc(F)cc1)C(=O)CN(c1ccc(F)cc1)S(C)(=O)=O. The molecule has 0 saturated heterocycles. The Labute approximate surface area is 187 Å². The second kappa shape index (κ2) is 11.0. The molecule has 2 aromatic carbocycles. The van der Waals surface area contributed by atoms with Crippen LogP contribution in [0.25, 0.3) is 0 Å². The third kappa shape index (κ3) is 6.74. The first-order valence-corrected chi connectivity index (χ1v) is 12.0. The van der Waals surface area contributed by atoms with Crippen LogP contribution in [0.1, 0.15) is 25.8 Å². The van der Waals surface area contributed by atoms with Crippen LogP contribution < -0.4 is 9.62 Å². The summed E-state index contributed by atoms with van der Waals surface area (Å²) in [6, 6.07) is 9.32.